The molecule has 0 unspecified atom stereocenters. The van der Waals surface area contributed by atoms with E-state index in [1.165, 1.54) is 19.2 Å². The number of amides is 2. The van der Waals surface area contributed by atoms with E-state index >= 15 is 0 Å². The molecule has 3 aromatic rings. The number of halogens is 2. The third kappa shape index (κ3) is 4.40. The van der Waals surface area contributed by atoms with Crippen molar-refractivity contribution in [3.8, 4) is 5.75 Å². The van der Waals surface area contributed by atoms with Crippen LogP contribution in [0.2, 0.25) is 0 Å². The molecule has 7 nitrogen and oxygen atoms in total. The van der Waals surface area contributed by atoms with Crippen LogP contribution in [0.1, 0.15) is 15.9 Å². The number of hydrogen-bond donors (Lipinski definition) is 2. The fourth-order valence-corrected chi connectivity index (χ4v) is 2.83. The van der Waals surface area contributed by atoms with Gasteiger partial charge in [0.15, 0.2) is 11.6 Å². The molecule has 0 radical (unpaired) electrons. The number of primary amides is 1. The SMILES string of the molecule is COc1ccc2c(C[C@H](NC(=O)c3ccc(F)c(F)c3)C(N)=O)cc(=O)oc2c1. The summed E-state index contributed by atoms with van der Waals surface area (Å²) in [6.07, 6.45) is -0.112. The molecule has 1 atom stereocenters. The van der Waals surface area contributed by atoms with Gasteiger partial charge in [-0.1, -0.05) is 0 Å². The normalized spacial score (nSPS) is 11.8. The van der Waals surface area contributed by atoms with Crippen LogP contribution < -0.4 is 21.4 Å². The Kier molecular flexibility index (Phi) is 5.58. The predicted octanol–water partition coefficient (Wildman–Crippen LogP) is 1.91. The molecule has 0 spiro atoms. The van der Waals surface area contributed by atoms with Gasteiger partial charge in [-0.25, -0.2) is 13.6 Å². The second-order valence-corrected chi connectivity index (χ2v) is 6.21. The number of nitrogens with one attached hydrogen (secondary N) is 1. The third-order valence-corrected chi connectivity index (χ3v) is 4.29. The van der Waals surface area contributed by atoms with Crippen molar-refractivity contribution >= 4 is 22.8 Å². The minimum atomic E-state index is -1.21. The van der Waals surface area contributed by atoms with Crippen molar-refractivity contribution in [1.82, 2.24) is 5.32 Å². The summed E-state index contributed by atoms with van der Waals surface area (Å²) in [6.45, 7) is 0. The van der Waals surface area contributed by atoms with Gasteiger partial charge in [0.2, 0.25) is 5.91 Å². The lowest BCUT2D eigenvalue weighted by Crippen LogP contribution is -2.46. The molecule has 9 heteroatoms. The largest absolute Gasteiger partial charge is 0.497 e. The molecular formula is C20H16F2N2O5. The van der Waals surface area contributed by atoms with Crippen molar-refractivity contribution in [2.24, 2.45) is 5.73 Å². The number of ether oxygens (including phenoxy) is 1. The molecule has 2 aromatic carbocycles. The summed E-state index contributed by atoms with van der Waals surface area (Å²) in [5.41, 5.74) is 5.19. The number of benzene rings is 2. The summed E-state index contributed by atoms with van der Waals surface area (Å²) in [5.74, 6) is -3.52. The number of methoxy groups -OCH3 is 1. The number of hydrogen-bond acceptors (Lipinski definition) is 5. The highest BCUT2D eigenvalue weighted by molar-refractivity contribution is 5.97. The van der Waals surface area contributed by atoms with Gasteiger partial charge in [-0.3, -0.25) is 9.59 Å². The maximum Gasteiger partial charge on any atom is 0.336 e. The van der Waals surface area contributed by atoms with Crippen LogP contribution in [0, 0.1) is 11.6 Å². The van der Waals surface area contributed by atoms with Crippen LogP contribution >= 0.6 is 0 Å². The maximum absolute atomic E-state index is 13.4. The summed E-state index contributed by atoms with van der Waals surface area (Å²) >= 11 is 0. The molecule has 150 valence electrons. The standard InChI is InChI=1S/C20H16F2N2O5/c1-28-12-3-4-13-11(8-18(25)29-17(13)9-12)7-16(19(23)26)24-20(27)10-2-5-14(21)15(22)6-10/h2-6,8-9,16H,7H2,1H3,(H2,23,26)(H,24,27)/t16-/m0/s1. The molecule has 2 amide bonds. The van der Waals surface area contributed by atoms with Crippen molar-refractivity contribution < 1.29 is 27.5 Å². The Balaban J connectivity index is 1.91. The predicted molar refractivity (Wildman–Crippen MR) is 99.5 cm³/mol. The van der Waals surface area contributed by atoms with Crippen LogP contribution in [0.15, 0.2) is 51.7 Å². The van der Waals surface area contributed by atoms with E-state index in [1.54, 1.807) is 12.1 Å². The highest BCUT2D eigenvalue weighted by atomic mass is 19.2. The average Bonchev–Trinajstić information content (AvgIpc) is 2.68. The van der Waals surface area contributed by atoms with Gasteiger partial charge in [-0.15, -0.1) is 0 Å². The van der Waals surface area contributed by atoms with E-state index < -0.39 is 35.1 Å². The number of carbonyl (C=O) groups excluding carboxylic acids is 2. The Hall–Kier alpha value is -3.75. The van der Waals surface area contributed by atoms with Crippen LogP contribution in [0.4, 0.5) is 8.78 Å². The van der Waals surface area contributed by atoms with Gasteiger partial charge in [0.1, 0.15) is 17.4 Å². The fourth-order valence-electron chi connectivity index (χ4n) is 2.83. The topological polar surface area (TPSA) is 112 Å². The zero-order valence-electron chi connectivity index (χ0n) is 15.2. The van der Waals surface area contributed by atoms with E-state index in [2.05, 4.69) is 5.32 Å². The Morgan fingerprint density at radius 3 is 2.55 bits per heavy atom. The molecular weight excluding hydrogens is 386 g/mol. The summed E-state index contributed by atoms with van der Waals surface area (Å²) in [5, 5.41) is 2.90. The third-order valence-electron chi connectivity index (χ3n) is 4.29. The maximum atomic E-state index is 13.4. The first-order valence-electron chi connectivity index (χ1n) is 8.44. The Labute approximate surface area is 163 Å². The van der Waals surface area contributed by atoms with Crippen LogP contribution in [0.5, 0.6) is 5.75 Å². The lowest BCUT2D eigenvalue weighted by molar-refractivity contribution is -0.119. The van der Waals surface area contributed by atoms with Crippen LogP contribution in [0.3, 0.4) is 0 Å². The molecule has 1 heterocycles. The minimum Gasteiger partial charge on any atom is -0.497 e. The van der Waals surface area contributed by atoms with Gasteiger partial charge in [-0.05, 0) is 35.9 Å². The molecule has 3 rings (SSSR count). The zero-order chi connectivity index (χ0) is 21.1. The number of nitrogens with two attached hydrogens (primary N) is 1. The van der Waals surface area contributed by atoms with Crippen molar-refractivity contribution in [2.75, 3.05) is 7.11 Å². The van der Waals surface area contributed by atoms with Gasteiger partial charge in [0, 0.05) is 29.5 Å². The molecule has 0 bridgehead atoms. The zero-order valence-corrected chi connectivity index (χ0v) is 15.2. The van der Waals surface area contributed by atoms with E-state index in [9.17, 15) is 23.2 Å². The van der Waals surface area contributed by atoms with E-state index in [1.807, 2.05) is 0 Å². The highest BCUT2D eigenvalue weighted by Gasteiger charge is 2.22. The number of rotatable bonds is 6. The summed E-state index contributed by atoms with van der Waals surface area (Å²) in [6, 6.07) is 7.36. The van der Waals surface area contributed by atoms with Crippen molar-refractivity contribution in [3.05, 3.63) is 75.6 Å². The average molecular weight is 402 g/mol. The van der Waals surface area contributed by atoms with E-state index in [-0.39, 0.29) is 17.6 Å². The van der Waals surface area contributed by atoms with Gasteiger partial charge >= 0.3 is 5.63 Å². The molecule has 0 aliphatic carbocycles. The van der Waals surface area contributed by atoms with Crippen LogP contribution in [-0.2, 0) is 11.2 Å². The lowest BCUT2D eigenvalue weighted by atomic mass is 10.0. The van der Waals surface area contributed by atoms with Crippen molar-refractivity contribution in [2.45, 2.75) is 12.5 Å². The molecule has 0 aliphatic rings. The van der Waals surface area contributed by atoms with Crippen molar-refractivity contribution in [3.63, 3.8) is 0 Å². The first-order chi connectivity index (χ1) is 13.8. The van der Waals surface area contributed by atoms with Crippen LogP contribution in [-0.4, -0.2) is 25.0 Å². The Morgan fingerprint density at radius 2 is 1.90 bits per heavy atom. The first-order valence-corrected chi connectivity index (χ1v) is 8.44. The van der Waals surface area contributed by atoms with Gasteiger partial charge in [0.25, 0.3) is 5.91 Å². The fraction of sp³-hybridized carbons (Fsp3) is 0.150. The van der Waals surface area contributed by atoms with E-state index in [0.717, 1.165) is 12.1 Å². The second-order valence-electron chi connectivity index (χ2n) is 6.21. The highest BCUT2D eigenvalue weighted by Crippen LogP contribution is 2.23. The van der Waals surface area contributed by atoms with Gasteiger partial charge < -0.3 is 20.2 Å². The summed E-state index contributed by atoms with van der Waals surface area (Å²) in [4.78, 5) is 36.1. The molecule has 3 N–H and O–H groups in total. The Morgan fingerprint density at radius 1 is 1.14 bits per heavy atom. The monoisotopic (exact) mass is 402 g/mol. The minimum absolute atomic E-state index is 0.112. The number of fused-ring (bicyclic) bond motifs is 1. The summed E-state index contributed by atoms with van der Waals surface area (Å²) in [7, 11) is 1.46. The lowest BCUT2D eigenvalue weighted by Gasteiger charge is -2.16. The molecule has 1 aromatic heterocycles. The second kappa shape index (κ2) is 8.09. The van der Waals surface area contributed by atoms with E-state index in [4.69, 9.17) is 14.9 Å². The van der Waals surface area contributed by atoms with Crippen molar-refractivity contribution in [1.29, 1.82) is 0 Å². The molecule has 0 fully saturated rings. The smallest absolute Gasteiger partial charge is 0.336 e. The molecule has 29 heavy (non-hydrogen) atoms. The van der Waals surface area contributed by atoms with Gasteiger partial charge in [-0.2, -0.15) is 0 Å². The molecule has 0 saturated heterocycles. The molecule has 0 aliphatic heterocycles. The van der Waals surface area contributed by atoms with Crippen LogP contribution in [0.25, 0.3) is 11.0 Å². The number of carbonyl (C=O) groups is 2. The quantitative estimate of drug-likeness (QED) is 0.612. The van der Waals surface area contributed by atoms with E-state index in [0.29, 0.717) is 22.8 Å². The summed E-state index contributed by atoms with van der Waals surface area (Å²) < 4.78 is 36.6. The Bertz CT molecular complexity index is 1160. The van der Waals surface area contributed by atoms with Gasteiger partial charge in [0.05, 0.1) is 7.11 Å². The molecule has 0 saturated carbocycles. The first kappa shape index (κ1) is 20.0.